The molecule has 1 aliphatic rings. The Balaban J connectivity index is 0.00000300. The van der Waals surface area contributed by atoms with Crippen LogP contribution < -0.4 is 21.1 Å². The average Bonchev–Trinajstić information content (AvgIpc) is 3.48. The van der Waals surface area contributed by atoms with Gasteiger partial charge in [-0.15, -0.1) is 24.0 Å². The van der Waals surface area contributed by atoms with E-state index in [1.807, 2.05) is 24.3 Å². The zero-order valence-corrected chi connectivity index (χ0v) is 18.6. The SMILES string of the molecule is CN=C(NCc1cccc(OCC(N)=O)c1)NCC1(c2cccc(F)c2)CC1.I. The van der Waals surface area contributed by atoms with E-state index in [1.54, 1.807) is 25.2 Å². The number of ether oxygens (including phenoxy) is 1. The summed E-state index contributed by atoms with van der Waals surface area (Å²) in [5.74, 6) is 0.542. The molecule has 1 aliphatic carbocycles. The van der Waals surface area contributed by atoms with E-state index in [0.29, 0.717) is 24.8 Å². The Morgan fingerprint density at radius 3 is 2.62 bits per heavy atom. The lowest BCUT2D eigenvalue weighted by atomic mass is 9.96. The van der Waals surface area contributed by atoms with Crippen LogP contribution in [0.25, 0.3) is 0 Å². The van der Waals surface area contributed by atoms with Crippen LogP contribution in [0.1, 0.15) is 24.0 Å². The largest absolute Gasteiger partial charge is 0.484 e. The Morgan fingerprint density at radius 2 is 1.97 bits per heavy atom. The number of benzene rings is 2. The van der Waals surface area contributed by atoms with E-state index in [9.17, 15) is 9.18 Å². The first-order valence-electron chi connectivity index (χ1n) is 9.21. The zero-order chi connectivity index (χ0) is 20.0. The lowest BCUT2D eigenvalue weighted by Gasteiger charge is -2.19. The molecule has 0 spiro atoms. The van der Waals surface area contributed by atoms with Gasteiger partial charge in [0.15, 0.2) is 12.6 Å². The molecular weight excluding hydrogens is 486 g/mol. The van der Waals surface area contributed by atoms with Gasteiger partial charge in [-0.1, -0.05) is 24.3 Å². The maximum atomic E-state index is 13.5. The Bertz CT molecular complexity index is 871. The number of hydrogen-bond acceptors (Lipinski definition) is 3. The third kappa shape index (κ3) is 6.59. The highest BCUT2D eigenvalue weighted by molar-refractivity contribution is 14.0. The van der Waals surface area contributed by atoms with Crippen LogP contribution in [0.4, 0.5) is 4.39 Å². The van der Waals surface area contributed by atoms with Crippen molar-refractivity contribution in [3.05, 3.63) is 65.5 Å². The molecule has 6 nitrogen and oxygen atoms in total. The van der Waals surface area contributed by atoms with Crippen molar-refractivity contribution < 1.29 is 13.9 Å². The molecule has 0 aromatic heterocycles. The van der Waals surface area contributed by atoms with Gasteiger partial charge in [0.05, 0.1) is 0 Å². The van der Waals surface area contributed by atoms with Crippen molar-refractivity contribution in [1.82, 2.24) is 10.6 Å². The normalized spacial score (nSPS) is 14.5. The molecule has 1 amide bonds. The number of primary amides is 1. The number of carbonyl (C=O) groups is 1. The number of aliphatic imine (C=N–C) groups is 1. The summed E-state index contributed by atoms with van der Waals surface area (Å²) >= 11 is 0. The van der Waals surface area contributed by atoms with Crippen LogP contribution >= 0.6 is 24.0 Å². The summed E-state index contributed by atoms with van der Waals surface area (Å²) in [7, 11) is 1.71. The Kier molecular flexibility index (Phi) is 8.24. The molecule has 0 bridgehead atoms. The molecule has 0 saturated heterocycles. The topological polar surface area (TPSA) is 88.7 Å². The van der Waals surface area contributed by atoms with Gasteiger partial charge in [0.2, 0.25) is 0 Å². The summed E-state index contributed by atoms with van der Waals surface area (Å²) in [4.78, 5) is 15.1. The fourth-order valence-electron chi connectivity index (χ4n) is 3.10. The number of nitrogens with one attached hydrogen (secondary N) is 2. The molecule has 1 fully saturated rings. The minimum absolute atomic E-state index is 0. The predicted octanol–water partition coefficient (Wildman–Crippen LogP) is 2.70. The third-order valence-electron chi connectivity index (χ3n) is 4.85. The van der Waals surface area contributed by atoms with E-state index in [1.165, 1.54) is 6.07 Å². The number of nitrogens with two attached hydrogens (primary N) is 1. The molecular formula is C21H26FIN4O2. The number of carbonyl (C=O) groups excluding carboxylic acids is 1. The van der Waals surface area contributed by atoms with Crippen molar-refractivity contribution in [2.24, 2.45) is 10.7 Å². The molecule has 0 radical (unpaired) electrons. The molecule has 1 saturated carbocycles. The van der Waals surface area contributed by atoms with E-state index < -0.39 is 5.91 Å². The van der Waals surface area contributed by atoms with Gasteiger partial charge in [-0.25, -0.2) is 4.39 Å². The second kappa shape index (κ2) is 10.4. The molecule has 156 valence electrons. The lowest BCUT2D eigenvalue weighted by molar-refractivity contribution is -0.119. The molecule has 3 rings (SSSR count). The molecule has 0 unspecified atom stereocenters. The summed E-state index contributed by atoms with van der Waals surface area (Å²) in [6, 6.07) is 14.2. The monoisotopic (exact) mass is 512 g/mol. The summed E-state index contributed by atoms with van der Waals surface area (Å²) in [6.45, 7) is 1.08. The smallest absolute Gasteiger partial charge is 0.255 e. The van der Waals surface area contributed by atoms with Gasteiger partial charge in [0.1, 0.15) is 11.6 Å². The quantitative estimate of drug-likeness (QED) is 0.289. The van der Waals surface area contributed by atoms with Crippen molar-refractivity contribution in [2.75, 3.05) is 20.2 Å². The van der Waals surface area contributed by atoms with E-state index in [4.69, 9.17) is 10.5 Å². The molecule has 8 heteroatoms. The van der Waals surface area contributed by atoms with Crippen molar-refractivity contribution in [3.63, 3.8) is 0 Å². The van der Waals surface area contributed by atoms with E-state index >= 15 is 0 Å². The third-order valence-corrected chi connectivity index (χ3v) is 4.85. The number of guanidine groups is 1. The van der Waals surface area contributed by atoms with Gasteiger partial charge in [-0.2, -0.15) is 0 Å². The summed E-state index contributed by atoms with van der Waals surface area (Å²) in [6.07, 6.45) is 2.05. The van der Waals surface area contributed by atoms with Crippen LogP contribution in [0.3, 0.4) is 0 Å². The van der Waals surface area contributed by atoms with E-state index in [2.05, 4.69) is 15.6 Å². The molecule has 2 aromatic rings. The van der Waals surface area contributed by atoms with Crippen LogP contribution in [0.2, 0.25) is 0 Å². The maximum absolute atomic E-state index is 13.5. The van der Waals surface area contributed by atoms with Crippen LogP contribution in [0, 0.1) is 5.82 Å². The lowest BCUT2D eigenvalue weighted by Crippen LogP contribution is -2.40. The summed E-state index contributed by atoms with van der Waals surface area (Å²) in [5.41, 5.74) is 7.08. The zero-order valence-electron chi connectivity index (χ0n) is 16.3. The van der Waals surface area contributed by atoms with Crippen LogP contribution in [0.5, 0.6) is 5.75 Å². The number of halogens is 2. The molecule has 4 N–H and O–H groups in total. The number of amides is 1. The molecule has 2 aromatic carbocycles. The van der Waals surface area contributed by atoms with E-state index in [-0.39, 0.29) is 41.8 Å². The first-order chi connectivity index (χ1) is 13.5. The Morgan fingerprint density at radius 1 is 1.21 bits per heavy atom. The first-order valence-corrected chi connectivity index (χ1v) is 9.21. The van der Waals surface area contributed by atoms with Gasteiger partial charge in [-0.05, 0) is 48.2 Å². The van der Waals surface area contributed by atoms with Crippen LogP contribution in [0.15, 0.2) is 53.5 Å². The number of hydrogen-bond donors (Lipinski definition) is 3. The van der Waals surface area contributed by atoms with Crippen LogP contribution in [-0.4, -0.2) is 32.1 Å². The number of nitrogens with zero attached hydrogens (tertiary/aromatic N) is 1. The van der Waals surface area contributed by atoms with Crippen molar-refractivity contribution in [1.29, 1.82) is 0 Å². The highest BCUT2D eigenvalue weighted by atomic mass is 127. The van der Waals surface area contributed by atoms with Gasteiger partial charge < -0.3 is 21.1 Å². The average molecular weight is 512 g/mol. The minimum atomic E-state index is -0.513. The fourth-order valence-corrected chi connectivity index (χ4v) is 3.10. The summed E-state index contributed by atoms with van der Waals surface area (Å²) in [5, 5.41) is 6.60. The van der Waals surface area contributed by atoms with Gasteiger partial charge >= 0.3 is 0 Å². The van der Waals surface area contributed by atoms with Crippen molar-refractivity contribution >= 4 is 35.8 Å². The number of rotatable bonds is 8. The van der Waals surface area contributed by atoms with E-state index in [0.717, 1.165) is 24.0 Å². The highest BCUT2D eigenvalue weighted by Gasteiger charge is 2.44. The first kappa shape index (κ1) is 22.9. The fraction of sp³-hybridized carbons (Fsp3) is 0.333. The standard InChI is InChI=1S/C21H25FN4O2.HI/c1-24-20(25-12-15-4-2-7-18(10-15)28-13-19(23)27)26-14-21(8-9-21)16-5-3-6-17(22)11-16;/h2-7,10-11H,8-9,12-14H2,1H3,(H2,23,27)(H2,24,25,26);1H. The van der Waals surface area contributed by atoms with Gasteiger partial charge in [0, 0.05) is 25.6 Å². The second-order valence-corrected chi connectivity index (χ2v) is 6.97. The highest BCUT2D eigenvalue weighted by Crippen LogP contribution is 2.47. The minimum Gasteiger partial charge on any atom is -0.484 e. The van der Waals surface area contributed by atoms with Gasteiger partial charge in [-0.3, -0.25) is 9.79 Å². The Hall–Kier alpha value is -2.36. The van der Waals surface area contributed by atoms with Crippen molar-refractivity contribution in [3.8, 4) is 5.75 Å². The predicted molar refractivity (Wildman–Crippen MR) is 122 cm³/mol. The molecule has 0 aliphatic heterocycles. The Labute approximate surface area is 187 Å². The molecule has 29 heavy (non-hydrogen) atoms. The second-order valence-electron chi connectivity index (χ2n) is 6.97. The molecule has 0 atom stereocenters. The molecule has 0 heterocycles. The summed E-state index contributed by atoms with van der Waals surface area (Å²) < 4.78 is 18.9. The van der Waals surface area contributed by atoms with Crippen molar-refractivity contribution in [2.45, 2.75) is 24.8 Å². The van der Waals surface area contributed by atoms with Gasteiger partial charge in [0.25, 0.3) is 5.91 Å². The maximum Gasteiger partial charge on any atom is 0.255 e. The van der Waals surface area contributed by atoms with Crippen LogP contribution in [-0.2, 0) is 16.8 Å².